The number of halogens is 13. The lowest BCUT2D eigenvalue weighted by molar-refractivity contribution is 0.111. The molecular weight excluding hydrogens is 2640 g/mol. The summed E-state index contributed by atoms with van der Waals surface area (Å²) in [6.07, 6.45) is 1.81. The average molecular weight is 2800 g/mol. The van der Waals surface area contributed by atoms with Gasteiger partial charge in [0.25, 0.3) is 0 Å². The molecule has 772 valence electrons. The van der Waals surface area contributed by atoms with E-state index in [2.05, 4.69) is 431 Å². The third-order valence-electron chi connectivity index (χ3n) is 20.6. The average Bonchev–Trinajstić information content (AvgIpc) is 0.829. The predicted molar refractivity (Wildman–Crippen MR) is 657 cm³/mol. The summed E-state index contributed by atoms with van der Waals surface area (Å²) >= 11 is 41.8. The number of benzene rings is 11. The fraction of sp³-hybridized carbons (Fsp3) is 0.405. The van der Waals surface area contributed by atoms with Crippen LogP contribution in [0.3, 0.4) is 0 Å². The van der Waals surface area contributed by atoms with Gasteiger partial charge < -0.3 is 35.4 Å². The highest BCUT2D eigenvalue weighted by atomic mass is 127. The second-order valence-electron chi connectivity index (χ2n) is 35.5. The molecule has 11 aromatic rings. The van der Waals surface area contributed by atoms with Gasteiger partial charge in [0.1, 0.15) is 58.9 Å². The SMILES string of the molecule is BrBr.C.C.C.C.CC(C)c1cc(O)ccc1Br.CC(C)c1ccc(Br)c(O)c1.CC(C)c1cccc(O)c1.CI.Cc1cc(C(C)C)c(Br)cc1C=O.Cc1cc(C(C)C)c(Br)cc1O.Cc1cc(C(C)C)c(C=O)cc1Br.Cc1cc(C(C)C)c(O)cc1Br.Cc1cc(C(C)C)c(O)cc1Br.Cc1cc(C(C)C)c(OCC#N)cc1Br.Cc1cc(C(C)C)ccc1Br.Cc1ccc(Br)c(C(C)C)c1. The predicted octanol–water partition coefficient (Wildman–Crippen LogP) is 44.1. The Balaban J connectivity index is -0.000000348. The van der Waals surface area contributed by atoms with Crippen molar-refractivity contribution in [3.05, 3.63) is 331 Å². The van der Waals surface area contributed by atoms with Crippen molar-refractivity contribution < 1.29 is 45.0 Å². The molecule has 0 unspecified atom stereocenters. The van der Waals surface area contributed by atoms with E-state index in [0.29, 0.717) is 99.6 Å². The third kappa shape index (κ3) is 54.6. The van der Waals surface area contributed by atoms with E-state index in [1.807, 2.05) is 119 Å². The van der Waals surface area contributed by atoms with Crippen LogP contribution in [0.1, 0.15) is 374 Å². The Labute approximate surface area is 953 Å². The smallest absolute Gasteiger partial charge is 0.174 e. The first kappa shape index (κ1) is 145. The van der Waals surface area contributed by atoms with E-state index in [-0.39, 0.29) is 36.3 Å². The van der Waals surface area contributed by atoms with Crippen LogP contribution in [-0.2, 0) is 0 Å². The van der Waals surface area contributed by atoms with Gasteiger partial charge in [-0.15, -0.1) is 0 Å². The Morgan fingerprint density at radius 1 is 0.281 bits per heavy atom. The fourth-order valence-electron chi connectivity index (χ4n) is 12.3. The molecule has 0 fully saturated rings. The topological polar surface area (TPSA) is 189 Å². The van der Waals surface area contributed by atoms with E-state index in [1.165, 1.54) is 59.0 Å². The van der Waals surface area contributed by atoms with Crippen LogP contribution in [0.4, 0.5) is 0 Å². The molecule has 0 atom stereocenters. The number of phenolic OH excluding ortho intramolecular Hbond substituents is 6. The Morgan fingerprint density at radius 2 is 0.590 bits per heavy atom. The molecule has 0 amide bonds. The molecule has 0 heterocycles. The van der Waals surface area contributed by atoms with Crippen molar-refractivity contribution in [2.75, 3.05) is 11.5 Å². The van der Waals surface area contributed by atoms with Gasteiger partial charge in [-0.05, 0) is 332 Å². The molecule has 11 rings (SSSR count). The summed E-state index contributed by atoms with van der Waals surface area (Å²) in [4.78, 5) is 23.4. The highest BCUT2D eigenvalue weighted by molar-refractivity contribution is 14.1. The normalized spacial score (nSPS) is 10.0. The second-order valence-corrected chi connectivity index (χ2v) is 44.1. The number of nitriles is 1. The van der Waals surface area contributed by atoms with Crippen LogP contribution in [0, 0.1) is 66.7 Å². The third-order valence-corrected chi connectivity index (χ3v) is 28.4. The lowest BCUT2D eigenvalue weighted by atomic mass is 9.96. The number of aromatic hydroxyl groups is 6. The van der Waals surface area contributed by atoms with Crippen molar-refractivity contribution in [1.29, 1.82) is 5.26 Å². The van der Waals surface area contributed by atoms with E-state index in [0.717, 1.165) is 121 Å². The number of aldehydes is 2. The first-order valence-corrected chi connectivity index (χ1v) is 58.3. The standard InChI is InChI=1S/C12H14BrNO.2C11H13BrO.3C10H13BrO.2C10H13Br.2C9H11BrO.C9H12O.CH3I.4CH4.Br2/c1-8(2)10-6-9(3)11(13)7-12(10)15-5-4-14;1-7(2)10-4-8(3)11(12)5-9(10)6-13;1-7(2)10-4-8(3)9(6-13)5-11(10)12;1-6(2)8-4-7(3)10(12)5-9(8)11;2*1-6(2)8-4-7(3)9(11)5-10(8)12;1-7(2)9-4-5-10(11)8(3)6-9;1-7(2)9-6-8(3)4-5-10(9)11;1-6(2)8-5-7(11)3-4-9(8)10;1-6(2)7-3-4-8(10)9(11)5-7;1-7(2)8-4-3-5-9(10)6-8;1-2;;;;;1-2/h6-8H,5H2,1-3H3;2*4-7H,1-3H3;3*4-6,12H,1-3H3;2*4-7H,1-3H3;2*3-6,11H,1-2H3;3-7,10H,1-2H3;1H3;4*1H4;. The Hall–Kier alpha value is -4.66. The molecule has 0 aliphatic carbocycles. The zero-order valence-corrected chi connectivity index (χ0v) is 105. The fourth-order valence-corrected chi connectivity index (χ4v) is 17.2. The summed E-state index contributed by atoms with van der Waals surface area (Å²) in [5, 5.41) is 64.5. The zero-order chi connectivity index (χ0) is 105. The van der Waals surface area contributed by atoms with Crippen molar-refractivity contribution in [3.63, 3.8) is 0 Å². The molecule has 139 heavy (non-hydrogen) atoms. The number of hydrogen-bond acceptors (Lipinski definition) is 10. The number of alkyl halides is 1. The van der Waals surface area contributed by atoms with Crippen LogP contribution in [-0.4, -0.2) is 54.7 Å². The van der Waals surface area contributed by atoms with Crippen LogP contribution in [0.25, 0.3) is 0 Å². The van der Waals surface area contributed by atoms with E-state index in [1.54, 1.807) is 48.5 Å². The minimum atomic E-state index is 0. The molecule has 11 aromatic carbocycles. The van der Waals surface area contributed by atoms with Crippen molar-refractivity contribution in [3.8, 4) is 46.3 Å². The molecule has 0 radical (unpaired) electrons. The van der Waals surface area contributed by atoms with E-state index >= 15 is 0 Å². The van der Waals surface area contributed by atoms with Crippen LogP contribution in [0.5, 0.6) is 40.2 Å². The Kier molecular flexibility index (Phi) is 79.2. The Bertz CT molecular complexity index is 5230. The maximum Gasteiger partial charge on any atom is 0.174 e. The summed E-state index contributed by atoms with van der Waals surface area (Å²) in [5.74, 6) is 8.03. The maximum absolute atomic E-state index is 10.8. The molecule has 0 aliphatic rings. The summed E-state index contributed by atoms with van der Waals surface area (Å²) < 4.78 is 15.6. The minimum Gasteiger partial charge on any atom is -0.508 e. The molecule has 0 saturated carbocycles. The highest BCUT2D eigenvalue weighted by Gasteiger charge is 2.16. The van der Waals surface area contributed by atoms with Gasteiger partial charge in [-0.2, -0.15) is 5.26 Å². The molecule has 0 aliphatic heterocycles. The number of ether oxygens (including phenoxy) is 1. The Morgan fingerprint density at radius 3 is 0.957 bits per heavy atom. The van der Waals surface area contributed by atoms with Gasteiger partial charge >= 0.3 is 0 Å². The number of hydrogen-bond donors (Lipinski definition) is 6. The first-order chi connectivity index (χ1) is 62.9. The van der Waals surface area contributed by atoms with Gasteiger partial charge in [-0.3, -0.25) is 9.59 Å². The molecule has 10 nitrogen and oxygen atoms in total. The summed E-state index contributed by atoms with van der Waals surface area (Å²) in [6.45, 7) is 63.0. The largest absolute Gasteiger partial charge is 0.508 e. The lowest BCUT2D eigenvalue weighted by Gasteiger charge is -2.14. The summed E-state index contributed by atoms with van der Waals surface area (Å²) in [5.41, 5.74) is 23.9. The van der Waals surface area contributed by atoms with Crippen molar-refractivity contribution in [2.24, 2.45) is 0 Å². The monoisotopic (exact) mass is 2780 g/mol. The molecule has 0 aromatic heterocycles. The van der Waals surface area contributed by atoms with Gasteiger partial charge in [-0.25, -0.2) is 0 Å². The van der Waals surface area contributed by atoms with Crippen molar-refractivity contribution in [2.45, 2.75) is 303 Å². The minimum absolute atomic E-state index is 0. The van der Waals surface area contributed by atoms with Crippen LogP contribution < -0.4 is 4.74 Å². The van der Waals surface area contributed by atoms with Gasteiger partial charge in [0.2, 0.25) is 0 Å². The van der Waals surface area contributed by atoms with E-state index in [9.17, 15) is 30.0 Å². The number of aryl methyl sites for hydroxylation is 8. The maximum atomic E-state index is 10.8. The zero-order valence-electron chi connectivity index (χ0n) is 84.1. The van der Waals surface area contributed by atoms with Crippen LogP contribution in [0.2, 0.25) is 0 Å². The van der Waals surface area contributed by atoms with Crippen LogP contribution >= 0.6 is 210 Å². The number of carbonyl (C=O) groups is 2. The second kappa shape index (κ2) is 76.0. The van der Waals surface area contributed by atoms with Crippen molar-refractivity contribution >= 4 is 223 Å². The molecule has 0 bridgehead atoms. The van der Waals surface area contributed by atoms with Gasteiger partial charge in [-0.1, -0.05) is 432 Å². The van der Waals surface area contributed by atoms with Crippen molar-refractivity contribution in [1.82, 2.24) is 0 Å². The summed E-state index contributed by atoms with van der Waals surface area (Å²) in [7, 11) is 0. The van der Waals surface area contributed by atoms with E-state index < -0.39 is 0 Å². The number of carbonyl (C=O) groups excluding carboxylic acids is 2. The quantitative estimate of drug-likeness (QED) is 0.0327. The van der Waals surface area contributed by atoms with E-state index in [4.69, 9.17) is 20.2 Å². The number of phenols is 6. The molecule has 6 N–H and O–H groups in total. The number of nitrogens with zero attached hydrogens (tertiary/aromatic N) is 1. The molecule has 0 spiro atoms. The first-order valence-electron chi connectivity index (χ1n) is 44.4. The lowest BCUT2D eigenvalue weighted by Crippen LogP contribution is -2.00. The highest BCUT2D eigenvalue weighted by Crippen LogP contribution is 2.38. The molecule has 0 saturated heterocycles. The molecule has 23 heteroatoms. The van der Waals surface area contributed by atoms with Gasteiger partial charge in [0.05, 0.1) is 4.47 Å². The van der Waals surface area contributed by atoms with Crippen LogP contribution in [0.15, 0.2) is 215 Å². The van der Waals surface area contributed by atoms with Gasteiger partial charge in [0.15, 0.2) is 6.61 Å². The van der Waals surface area contributed by atoms with Gasteiger partial charge in [0, 0.05) is 79.6 Å². The number of rotatable bonds is 15. The molecular formula is C116H158Br12INO9. The summed E-state index contributed by atoms with van der Waals surface area (Å²) in [6, 6.07) is 56.6.